The largest absolute Gasteiger partial charge is 0.461 e. The van der Waals surface area contributed by atoms with Gasteiger partial charge in [-0.1, -0.05) is 0 Å². The highest BCUT2D eigenvalue weighted by Gasteiger charge is 2.08. The van der Waals surface area contributed by atoms with Crippen molar-refractivity contribution < 1.29 is 9.53 Å². The van der Waals surface area contributed by atoms with E-state index in [0.717, 1.165) is 0 Å². The molecule has 12 heavy (non-hydrogen) atoms. The van der Waals surface area contributed by atoms with Crippen LogP contribution in [0.2, 0.25) is 0 Å². The quantitative estimate of drug-likeness (QED) is 0.610. The molecule has 0 fully saturated rings. The SMILES string of the molecule is CCOC(=O)C1=CN=CC=CN1. The van der Waals surface area contributed by atoms with Gasteiger partial charge in [-0.15, -0.1) is 0 Å². The third-order valence-corrected chi connectivity index (χ3v) is 1.21. The first kappa shape index (κ1) is 8.52. The highest BCUT2D eigenvalue weighted by Crippen LogP contribution is 1.96. The standard InChI is InChI=1S/C8H10N2O2/c1-2-12-8(11)7-6-9-4-3-5-10-7/h3-6,10H,2H2,1H3. The molecule has 0 amide bonds. The van der Waals surface area contributed by atoms with E-state index in [1.165, 1.54) is 6.20 Å². The summed E-state index contributed by atoms with van der Waals surface area (Å²) in [7, 11) is 0. The van der Waals surface area contributed by atoms with Gasteiger partial charge in [0.2, 0.25) is 0 Å². The Balaban J connectivity index is 2.62. The van der Waals surface area contributed by atoms with Gasteiger partial charge in [0.15, 0.2) is 0 Å². The summed E-state index contributed by atoms with van der Waals surface area (Å²) in [5.41, 5.74) is 0.349. The zero-order valence-corrected chi connectivity index (χ0v) is 6.78. The Hall–Kier alpha value is -1.58. The molecule has 1 aliphatic rings. The van der Waals surface area contributed by atoms with Gasteiger partial charge in [-0.05, 0) is 13.0 Å². The van der Waals surface area contributed by atoms with Crippen molar-refractivity contribution in [1.82, 2.24) is 5.32 Å². The number of hydrogen-bond acceptors (Lipinski definition) is 4. The summed E-state index contributed by atoms with van der Waals surface area (Å²) in [5, 5.41) is 2.75. The highest BCUT2D eigenvalue weighted by atomic mass is 16.5. The average Bonchev–Trinajstić information content (AvgIpc) is 2.32. The summed E-state index contributed by atoms with van der Waals surface area (Å²) in [5.74, 6) is -0.388. The molecule has 0 radical (unpaired) electrons. The lowest BCUT2D eigenvalue weighted by molar-refractivity contribution is -0.138. The zero-order valence-electron chi connectivity index (χ0n) is 6.78. The van der Waals surface area contributed by atoms with Crippen molar-refractivity contribution in [1.29, 1.82) is 0 Å². The third-order valence-electron chi connectivity index (χ3n) is 1.21. The first-order valence-electron chi connectivity index (χ1n) is 3.66. The molecule has 1 aliphatic heterocycles. The van der Waals surface area contributed by atoms with Gasteiger partial charge in [0, 0.05) is 12.4 Å². The minimum atomic E-state index is -0.388. The van der Waals surface area contributed by atoms with Gasteiger partial charge in [-0.25, -0.2) is 4.79 Å². The average molecular weight is 166 g/mol. The van der Waals surface area contributed by atoms with Gasteiger partial charge < -0.3 is 10.1 Å². The minimum absolute atomic E-state index is 0.349. The van der Waals surface area contributed by atoms with Crippen molar-refractivity contribution in [2.75, 3.05) is 6.61 Å². The van der Waals surface area contributed by atoms with Crippen LogP contribution in [-0.2, 0) is 9.53 Å². The molecular weight excluding hydrogens is 156 g/mol. The van der Waals surface area contributed by atoms with Crippen LogP contribution in [0.25, 0.3) is 0 Å². The van der Waals surface area contributed by atoms with Crippen LogP contribution in [-0.4, -0.2) is 18.8 Å². The molecule has 0 aliphatic carbocycles. The predicted octanol–water partition coefficient (Wildman–Crippen LogP) is 0.579. The lowest BCUT2D eigenvalue weighted by atomic mass is 10.5. The molecule has 4 nitrogen and oxygen atoms in total. The molecule has 0 aromatic rings. The first-order valence-corrected chi connectivity index (χ1v) is 3.66. The number of nitrogens with one attached hydrogen (secondary N) is 1. The van der Waals surface area contributed by atoms with Crippen LogP contribution < -0.4 is 5.32 Å². The van der Waals surface area contributed by atoms with Crippen molar-refractivity contribution in [2.45, 2.75) is 6.92 Å². The predicted molar refractivity (Wildman–Crippen MR) is 45.5 cm³/mol. The Kier molecular flexibility index (Phi) is 3.07. The van der Waals surface area contributed by atoms with Gasteiger partial charge in [0.05, 0.1) is 12.8 Å². The van der Waals surface area contributed by atoms with E-state index in [9.17, 15) is 4.79 Å². The van der Waals surface area contributed by atoms with Gasteiger partial charge in [-0.3, -0.25) is 4.99 Å². The fourth-order valence-electron chi connectivity index (χ4n) is 0.706. The van der Waals surface area contributed by atoms with E-state index in [1.807, 2.05) is 0 Å². The van der Waals surface area contributed by atoms with Crippen LogP contribution in [0.5, 0.6) is 0 Å². The molecule has 0 spiro atoms. The van der Waals surface area contributed by atoms with Crippen molar-refractivity contribution in [3.8, 4) is 0 Å². The smallest absolute Gasteiger partial charge is 0.356 e. The number of allylic oxidation sites excluding steroid dienone is 1. The van der Waals surface area contributed by atoms with Crippen molar-refractivity contribution in [3.05, 3.63) is 24.2 Å². The molecule has 0 saturated carbocycles. The van der Waals surface area contributed by atoms with E-state index in [0.29, 0.717) is 12.3 Å². The van der Waals surface area contributed by atoms with Crippen LogP contribution >= 0.6 is 0 Å². The molecule has 1 N–H and O–H groups in total. The Morgan fingerprint density at radius 1 is 1.75 bits per heavy atom. The third kappa shape index (κ3) is 2.23. The fourth-order valence-corrected chi connectivity index (χ4v) is 0.706. The summed E-state index contributed by atoms with van der Waals surface area (Å²) in [6.45, 7) is 2.12. The zero-order chi connectivity index (χ0) is 8.81. The Labute approximate surface area is 70.6 Å². The number of aliphatic imine (C=N–C) groups is 1. The summed E-state index contributed by atoms with van der Waals surface area (Å²) in [4.78, 5) is 14.9. The van der Waals surface area contributed by atoms with Gasteiger partial charge in [-0.2, -0.15) is 0 Å². The number of nitrogens with zero attached hydrogens (tertiary/aromatic N) is 1. The molecule has 0 atom stereocenters. The summed E-state index contributed by atoms with van der Waals surface area (Å²) >= 11 is 0. The molecule has 0 unspecified atom stereocenters. The Morgan fingerprint density at radius 3 is 3.33 bits per heavy atom. The molecule has 1 heterocycles. The summed E-state index contributed by atoms with van der Waals surface area (Å²) < 4.78 is 4.76. The fraction of sp³-hybridized carbons (Fsp3) is 0.250. The Morgan fingerprint density at radius 2 is 2.58 bits per heavy atom. The number of carbonyl (C=O) groups is 1. The van der Waals surface area contributed by atoms with Crippen molar-refractivity contribution in [3.63, 3.8) is 0 Å². The lowest BCUT2D eigenvalue weighted by Gasteiger charge is -2.03. The van der Waals surface area contributed by atoms with E-state index >= 15 is 0 Å². The molecule has 64 valence electrons. The number of esters is 1. The second-order valence-corrected chi connectivity index (χ2v) is 2.06. The number of hydrogen-bond donors (Lipinski definition) is 1. The number of carbonyl (C=O) groups excluding carboxylic acids is 1. The van der Waals surface area contributed by atoms with E-state index in [4.69, 9.17) is 4.74 Å². The summed E-state index contributed by atoms with van der Waals surface area (Å²) in [6.07, 6.45) is 6.33. The molecule has 0 saturated heterocycles. The maximum Gasteiger partial charge on any atom is 0.356 e. The Bertz CT molecular complexity index is 254. The van der Waals surface area contributed by atoms with Crippen LogP contribution in [0, 0.1) is 0 Å². The van der Waals surface area contributed by atoms with Crippen molar-refractivity contribution >= 4 is 12.2 Å². The normalized spacial score (nSPS) is 14.6. The van der Waals surface area contributed by atoms with E-state index in [2.05, 4.69) is 10.3 Å². The molecular formula is C8H10N2O2. The van der Waals surface area contributed by atoms with Crippen molar-refractivity contribution in [2.24, 2.45) is 4.99 Å². The van der Waals surface area contributed by atoms with Crippen LogP contribution in [0.4, 0.5) is 0 Å². The van der Waals surface area contributed by atoms with Gasteiger partial charge in [0.1, 0.15) is 5.70 Å². The van der Waals surface area contributed by atoms with Gasteiger partial charge in [0.25, 0.3) is 0 Å². The maximum atomic E-state index is 11.1. The highest BCUT2D eigenvalue weighted by molar-refractivity contribution is 5.89. The van der Waals surface area contributed by atoms with Crippen LogP contribution in [0.3, 0.4) is 0 Å². The van der Waals surface area contributed by atoms with Crippen LogP contribution in [0.1, 0.15) is 6.92 Å². The molecule has 0 aromatic carbocycles. The lowest BCUT2D eigenvalue weighted by Crippen LogP contribution is -2.17. The second-order valence-electron chi connectivity index (χ2n) is 2.06. The topological polar surface area (TPSA) is 50.7 Å². The first-order chi connectivity index (χ1) is 5.84. The molecule has 0 aromatic heterocycles. The minimum Gasteiger partial charge on any atom is -0.461 e. The monoisotopic (exact) mass is 166 g/mol. The van der Waals surface area contributed by atoms with Gasteiger partial charge >= 0.3 is 5.97 Å². The van der Waals surface area contributed by atoms with E-state index in [-0.39, 0.29) is 5.97 Å². The number of rotatable bonds is 2. The maximum absolute atomic E-state index is 11.1. The van der Waals surface area contributed by atoms with E-state index in [1.54, 1.807) is 25.4 Å². The van der Waals surface area contributed by atoms with E-state index < -0.39 is 0 Å². The molecule has 1 rings (SSSR count). The number of ether oxygens (including phenoxy) is 1. The summed E-state index contributed by atoms with van der Waals surface area (Å²) in [6, 6.07) is 0. The molecule has 0 bridgehead atoms. The second kappa shape index (κ2) is 4.33. The van der Waals surface area contributed by atoms with Crippen LogP contribution in [0.15, 0.2) is 29.2 Å². The molecule has 4 heteroatoms.